The lowest BCUT2D eigenvalue weighted by Gasteiger charge is -2.03. The predicted molar refractivity (Wildman–Crippen MR) is 53.0 cm³/mol. The molecule has 2 nitrogen and oxygen atoms in total. The van der Waals surface area contributed by atoms with Gasteiger partial charge in [-0.05, 0) is 30.7 Å². The van der Waals surface area contributed by atoms with E-state index < -0.39 is 0 Å². The van der Waals surface area contributed by atoms with Crippen LogP contribution in [0.25, 0.3) is 0 Å². The van der Waals surface area contributed by atoms with Gasteiger partial charge in [0.1, 0.15) is 6.54 Å². The molecule has 0 bridgehead atoms. The highest BCUT2D eigenvalue weighted by molar-refractivity contribution is 9.10. The van der Waals surface area contributed by atoms with Gasteiger partial charge in [-0.1, -0.05) is 15.9 Å². The zero-order chi connectivity index (χ0) is 8.97. The summed E-state index contributed by atoms with van der Waals surface area (Å²) in [5, 5.41) is 11.3. The lowest BCUT2D eigenvalue weighted by atomic mass is 10.2. The molecule has 0 fully saturated rings. The summed E-state index contributed by atoms with van der Waals surface area (Å²) in [5.74, 6) is 0. The number of aryl methyl sites for hydroxylation is 1. The van der Waals surface area contributed by atoms with Crippen molar-refractivity contribution in [2.45, 2.75) is 6.92 Å². The summed E-state index contributed by atoms with van der Waals surface area (Å²) in [7, 11) is 0. The van der Waals surface area contributed by atoms with Crippen LogP contribution in [0.5, 0.6) is 0 Å². The summed E-state index contributed by atoms with van der Waals surface area (Å²) in [4.78, 5) is 0. The van der Waals surface area contributed by atoms with Gasteiger partial charge in [0, 0.05) is 10.2 Å². The standard InChI is InChI=1S/C9H9BrN2/c1-7-4-8(10)6-9(5-7)12-3-2-11/h4-6,12H,3H2,1H3. The summed E-state index contributed by atoms with van der Waals surface area (Å²) >= 11 is 3.38. The van der Waals surface area contributed by atoms with Crippen LogP contribution in [0.1, 0.15) is 5.56 Å². The van der Waals surface area contributed by atoms with Gasteiger partial charge in [-0.15, -0.1) is 0 Å². The topological polar surface area (TPSA) is 35.8 Å². The fourth-order valence-electron chi connectivity index (χ4n) is 0.980. The highest BCUT2D eigenvalue weighted by Crippen LogP contribution is 2.18. The average molecular weight is 225 g/mol. The maximum absolute atomic E-state index is 8.34. The van der Waals surface area contributed by atoms with Gasteiger partial charge in [-0.25, -0.2) is 0 Å². The third-order valence-corrected chi connectivity index (χ3v) is 1.87. The molecule has 1 aromatic rings. The highest BCUT2D eigenvalue weighted by atomic mass is 79.9. The largest absolute Gasteiger partial charge is 0.372 e. The molecule has 0 spiro atoms. The first kappa shape index (κ1) is 9.08. The molecule has 0 amide bonds. The lowest BCUT2D eigenvalue weighted by molar-refractivity contribution is 1.30. The van der Waals surface area contributed by atoms with Crippen molar-refractivity contribution < 1.29 is 0 Å². The van der Waals surface area contributed by atoms with Gasteiger partial charge in [-0.2, -0.15) is 5.26 Å². The Labute approximate surface area is 80.3 Å². The average Bonchev–Trinajstić information content (AvgIpc) is 1.99. The number of halogens is 1. The van der Waals surface area contributed by atoms with Crippen molar-refractivity contribution in [3.63, 3.8) is 0 Å². The van der Waals surface area contributed by atoms with Crippen molar-refractivity contribution >= 4 is 21.6 Å². The fraction of sp³-hybridized carbons (Fsp3) is 0.222. The van der Waals surface area contributed by atoms with E-state index in [0.29, 0.717) is 6.54 Å². The minimum Gasteiger partial charge on any atom is -0.372 e. The minimum absolute atomic E-state index is 0.343. The van der Waals surface area contributed by atoms with Crippen LogP contribution in [0, 0.1) is 18.3 Å². The molecule has 0 saturated carbocycles. The van der Waals surface area contributed by atoms with Crippen LogP contribution in [0.3, 0.4) is 0 Å². The second-order valence-corrected chi connectivity index (χ2v) is 3.44. The number of hydrogen-bond donors (Lipinski definition) is 1. The van der Waals surface area contributed by atoms with E-state index in [-0.39, 0.29) is 0 Å². The summed E-state index contributed by atoms with van der Waals surface area (Å²) < 4.78 is 1.03. The Balaban J connectivity index is 2.80. The molecule has 0 saturated heterocycles. The van der Waals surface area contributed by atoms with Crippen molar-refractivity contribution in [2.24, 2.45) is 0 Å². The van der Waals surface area contributed by atoms with Crippen molar-refractivity contribution in [3.05, 3.63) is 28.2 Å². The molecule has 0 aliphatic carbocycles. The summed E-state index contributed by atoms with van der Waals surface area (Å²) in [6.07, 6.45) is 0. The molecular formula is C9H9BrN2. The smallest absolute Gasteiger partial charge is 0.103 e. The molecule has 1 rings (SSSR count). The second kappa shape index (κ2) is 4.13. The zero-order valence-electron chi connectivity index (χ0n) is 6.76. The summed E-state index contributed by atoms with van der Waals surface area (Å²) in [5.41, 5.74) is 2.15. The summed E-state index contributed by atoms with van der Waals surface area (Å²) in [6.45, 7) is 2.36. The summed E-state index contributed by atoms with van der Waals surface area (Å²) in [6, 6.07) is 8.00. The zero-order valence-corrected chi connectivity index (χ0v) is 8.35. The number of nitrogens with one attached hydrogen (secondary N) is 1. The van der Waals surface area contributed by atoms with E-state index in [4.69, 9.17) is 5.26 Å². The van der Waals surface area contributed by atoms with Gasteiger partial charge < -0.3 is 5.32 Å². The first-order chi connectivity index (χ1) is 5.72. The van der Waals surface area contributed by atoms with Crippen molar-refractivity contribution in [1.29, 1.82) is 5.26 Å². The van der Waals surface area contributed by atoms with Gasteiger partial charge in [0.05, 0.1) is 6.07 Å². The first-order valence-electron chi connectivity index (χ1n) is 3.60. The van der Waals surface area contributed by atoms with Gasteiger partial charge in [-0.3, -0.25) is 0 Å². The van der Waals surface area contributed by atoms with Gasteiger partial charge in [0.25, 0.3) is 0 Å². The maximum atomic E-state index is 8.34. The van der Waals surface area contributed by atoms with Crippen molar-refractivity contribution in [1.82, 2.24) is 0 Å². The fourth-order valence-corrected chi connectivity index (χ4v) is 1.59. The minimum atomic E-state index is 0.343. The van der Waals surface area contributed by atoms with E-state index >= 15 is 0 Å². The number of rotatable bonds is 2. The normalized spacial score (nSPS) is 9.08. The molecule has 12 heavy (non-hydrogen) atoms. The number of nitriles is 1. The number of nitrogens with zero attached hydrogens (tertiary/aromatic N) is 1. The third kappa shape index (κ3) is 2.55. The number of anilines is 1. The van der Waals surface area contributed by atoms with E-state index in [0.717, 1.165) is 10.2 Å². The van der Waals surface area contributed by atoms with Crippen LogP contribution in [-0.2, 0) is 0 Å². The molecule has 1 N–H and O–H groups in total. The Morgan fingerprint density at radius 3 is 2.83 bits per heavy atom. The Bertz CT molecular complexity index is 295. The van der Waals surface area contributed by atoms with E-state index in [2.05, 4.69) is 21.2 Å². The van der Waals surface area contributed by atoms with E-state index in [1.807, 2.05) is 31.2 Å². The van der Waals surface area contributed by atoms with Crippen LogP contribution in [0.2, 0.25) is 0 Å². The van der Waals surface area contributed by atoms with Gasteiger partial charge in [0.15, 0.2) is 0 Å². The quantitative estimate of drug-likeness (QED) is 0.785. The number of hydrogen-bond acceptors (Lipinski definition) is 2. The molecule has 0 aliphatic rings. The molecule has 1 aromatic carbocycles. The Hall–Kier alpha value is -1.01. The molecule has 3 heteroatoms. The predicted octanol–water partition coefficient (Wildman–Crippen LogP) is 2.69. The molecule has 0 radical (unpaired) electrons. The molecule has 0 unspecified atom stereocenters. The first-order valence-corrected chi connectivity index (χ1v) is 4.39. The third-order valence-electron chi connectivity index (χ3n) is 1.41. The Morgan fingerprint density at radius 1 is 1.50 bits per heavy atom. The maximum Gasteiger partial charge on any atom is 0.103 e. The van der Waals surface area contributed by atoms with Crippen LogP contribution in [-0.4, -0.2) is 6.54 Å². The second-order valence-electron chi connectivity index (χ2n) is 2.53. The SMILES string of the molecule is Cc1cc(Br)cc(NCC#N)c1. The molecule has 0 atom stereocenters. The highest BCUT2D eigenvalue weighted by Gasteiger charge is 1.94. The lowest BCUT2D eigenvalue weighted by Crippen LogP contribution is -1.98. The molecule has 0 aromatic heterocycles. The Morgan fingerprint density at radius 2 is 2.25 bits per heavy atom. The number of benzene rings is 1. The monoisotopic (exact) mass is 224 g/mol. The van der Waals surface area contributed by atoms with Gasteiger partial charge in [0.2, 0.25) is 0 Å². The van der Waals surface area contributed by atoms with E-state index in [9.17, 15) is 0 Å². The van der Waals surface area contributed by atoms with Crippen molar-refractivity contribution in [3.8, 4) is 6.07 Å². The van der Waals surface area contributed by atoms with Crippen LogP contribution in [0.4, 0.5) is 5.69 Å². The van der Waals surface area contributed by atoms with Crippen LogP contribution >= 0.6 is 15.9 Å². The molecule has 0 heterocycles. The molecule has 0 aliphatic heterocycles. The van der Waals surface area contributed by atoms with Crippen LogP contribution in [0.15, 0.2) is 22.7 Å². The molecule has 62 valence electrons. The van der Waals surface area contributed by atoms with E-state index in [1.54, 1.807) is 0 Å². The van der Waals surface area contributed by atoms with Crippen molar-refractivity contribution in [2.75, 3.05) is 11.9 Å². The molecular weight excluding hydrogens is 216 g/mol. The Kier molecular flexibility index (Phi) is 3.12. The van der Waals surface area contributed by atoms with E-state index in [1.165, 1.54) is 5.56 Å². The van der Waals surface area contributed by atoms with Gasteiger partial charge >= 0.3 is 0 Å². The van der Waals surface area contributed by atoms with Crippen LogP contribution < -0.4 is 5.32 Å².